The SMILES string of the molecule is CCCCCCCCCCC(=O)CCCCCCC(=O)OCCC(CCCCC)CCCCC. The Bertz CT molecular complexity index is 436. The van der Waals surface area contributed by atoms with E-state index in [9.17, 15) is 9.59 Å². The quantitative estimate of drug-likeness (QED) is 0.0867. The van der Waals surface area contributed by atoms with E-state index in [-0.39, 0.29) is 5.97 Å². The van der Waals surface area contributed by atoms with Gasteiger partial charge in [-0.15, -0.1) is 0 Å². The largest absolute Gasteiger partial charge is 0.466 e. The van der Waals surface area contributed by atoms with Crippen LogP contribution in [0.5, 0.6) is 0 Å². The molecule has 3 nitrogen and oxygen atoms in total. The Morgan fingerprint density at radius 3 is 1.41 bits per heavy atom. The highest BCUT2D eigenvalue weighted by Gasteiger charge is 2.10. The molecule has 0 saturated carbocycles. The number of hydrogen-bond acceptors (Lipinski definition) is 3. The van der Waals surface area contributed by atoms with Crippen LogP contribution >= 0.6 is 0 Å². The molecular formula is C31H60O3. The highest BCUT2D eigenvalue weighted by Crippen LogP contribution is 2.21. The van der Waals surface area contributed by atoms with E-state index in [1.54, 1.807) is 0 Å². The minimum absolute atomic E-state index is 0.0355. The van der Waals surface area contributed by atoms with E-state index in [0.717, 1.165) is 51.4 Å². The number of rotatable bonds is 27. The Morgan fingerprint density at radius 1 is 0.500 bits per heavy atom. The molecule has 0 aromatic heterocycles. The smallest absolute Gasteiger partial charge is 0.305 e. The van der Waals surface area contributed by atoms with Crippen LogP contribution in [0.4, 0.5) is 0 Å². The molecule has 0 unspecified atom stereocenters. The van der Waals surface area contributed by atoms with E-state index in [1.807, 2.05) is 0 Å². The van der Waals surface area contributed by atoms with Gasteiger partial charge in [0, 0.05) is 19.3 Å². The molecule has 0 saturated heterocycles. The number of carbonyl (C=O) groups is 2. The standard InChI is InChI=1S/C31H60O3/c1-4-7-10-11-12-13-14-19-24-30(32)25-20-15-16-21-26-31(33)34-28-27-29(22-17-8-5-2)23-18-9-6-3/h29H,4-28H2,1-3H3. The molecule has 0 fully saturated rings. The summed E-state index contributed by atoms with van der Waals surface area (Å²) >= 11 is 0. The maximum atomic E-state index is 12.1. The van der Waals surface area contributed by atoms with Gasteiger partial charge in [-0.3, -0.25) is 9.59 Å². The zero-order chi connectivity index (χ0) is 25.1. The Balaban J connectivity index is 3.61. The lowest BCUT2D eigenvalue weighted by Crippen LogP contribution is -2.10. The van der Waals surface area contributed by atoms with Crippen LogP contribution in [0.1, 0.15) is 175 Å². The summed E-state index contributed by atoms with van der Waals surface area (Å²) in [7, 11) is 0. The number of ether oxygens (including phenoxy) is 1. The second kappa shape index (κ2) is 26.7. The van der Waals surface area contributed by atoms with Gasteiger partial charge in [0.2, 0.25) is 0 Å². The summed E-state index contributed by atoms with van der Waals surface area (Å²) < 4.78 is 5.53. The monoisotopic (exact) mass is 480 g/mol. The van der Waals surface area contributed by atoms with Gasteiger partial charge in [0.05, 0.1) is 6.61 Å². The number of ketones is 1. The number of hydrogen-bond donors (Lipinski definition) is 0. The summed E-state index contributed by atoms with van der Waals surface area (Å²) in [6.45, 7) is 7.35. The van der Waals surface area contributed by atoms with Gasteiger partial charge in [-0.05, 0) is 31.6 Å². The highest BCUT2D eigenvalue weighted by atomic mass is 16.5. The fourth-order valence-corrected chi connectivity index (χ4v) is 4.74. The number of esters is 1. The molecule has 0 aliphatic rings. The van der Waals surface area contributed by atoms with Crippen molar-refractivity contribution in [1.29, 1.82) is 0 Å². The van der Waals surface area contributed by atoms with Crippen molar-refractivity contribution in [3.8, 4) is 0 Å². The molecule has 0 aliphatic carbocycles. The Morgan fingerprint density at radius 2 is 0.912 bits per heavy atom. The average molecular weight is 481 g/mol. The van der Waals surface area contributed by atoms with Gasteiger partial charge in [0.25, 0.3) is 0 Å². The maximum Gasteiger partial charge on any atom is 0.305 e. The van der Waals surface area contributed by atoms with Crippen LogP contribution in [0.3, 0.4) is 0 Å². The fourth-order valence-electron chi connectivity index (χ4n) is 4.74. The zero-order valence-corrected chi connectivity index (χ0v) is 23.5. The molecular weight excluding hydrogens is 420 g/mol. The molecule has 0 amide bonds. The third-order valence-corrected chi connectivity index (χ3v) is 7.12. The van der Waals surface area contributed by atoms with E-state index >= 15 is 0 Å². The Hall–Kier alpha value is -0.860. The minimum atomic E-state index is -0.0355. The number of unbranched alkanes of at least 4 members (excludes halogenated alkanes) is 14. The van der Waals surface area contributed by atoms with Gasteiger partial charge in [0.1, 0.15) is 5.78 Å². The summed E-state index contributed by atoms with van der Waals surface area (Å²) in [5.74, 6) is 1.11. The van der Waals surface area contributed by atoms with Crippen LogP contribution in [-0.2, 0) is 14.3 Å². The third kappa shape index (κ3) is 24.3. The first-order chi connectivity index (χ1) is 16.6. The molecule has 0 atom stereocenters. The molecule has 0 spiro atoms. The van der Waals surface area contributed by atoms with E-state index in [4.69, 9.17) is 4.74 Å². The summed E-state index contributed by atoms with van der Waals surface area (Å²) in [5, 5.41) is 0. The van der Waals surface area contributed by atoms with E-state index in [2.05, 4.69) is 20.8 Å². The summed E-state index contributed by atoms with van der Waals surface area (Å²) in [6, 6.07) is 0. The molecule has 0 heterocycles. The van der Waals surface area contributed by atoms with Gasteiger partial charge in [-0.25, -0.2) is 0 Å². The fraction of sp³-hybridized carbons (Fsp3) is 0.935. The molecule has 0 aliphatic heterocycles. The lowest BCUT2D eigenvalue weighted by Gasteiger charge is -2.16. The molecule has 0 N–H and O–H groups in total. The highest BCUT2D eigenvalue weighted by molar-refractivity contribution is 5.78. The first kappa shape index (κ1) is 33.1. The second-order valence-corrected chi connectivity index (χ2v) is 10.5. The first-order valence-electron chi connectivity index (χ1n) is 15.3. The van der Waals surface area contributed by atoms with E-state index in [1.165, 1.54) is 96.3 Å². The first-order valence-corrected chi connectivity index (χ1v) is 15.3. The molecule has 0 radical (unpaired) electrons. The van der Waals surface area contributed by atoms with Crippen molar-refractivity contribution in [1.82, 2.24) is 0 Å². The second-order valence-electron chi connectivity index (χ2n) is 10.5. The molecule has 0 bridgehead atoms. The van der Waals surface area contributed by atoms with Crippen molar-refractivity contribution >= 4 is 11.8 Å². The average Bonchev–Trinajstić information content (AvgIpc) is 2.83. The van der Waals surface area contributed by atoms with Crippen molar-refractivity contribution in [3.63, 3.8) is 0 Å². The molecule has 34 heavy (non-hydrogen) atoms. The lowest BCUT2D eigenvalue weighted by molar-refractivity contribution is -0.144. The molecule has 0 aromatic carbocycles. The van der Waals surface area contributed by atoms with Crippen molar-refractivity contribution < 1.29 is 14.3 Å². The van der Waals surface area contributed by atoms with Crippen LogP contribution in [0.2, 0.25) is 0 Å². The van der Waals surface area contributed by atoms with Crippen molar-refractivity contribution in [3.05, 3.63) is 0 Å². The van der Waals surface area contributed by atoms with Gasteiger partial charge < -0.3 is 4.74 Å². The van der Waals surface area contributed by atoms with Crippen molar-refractivity contribution in [2.45, 2.75) is 175 Å². The van der Waals surface area contributed by atoms with Crippen LogP contribution in [0, 0.1) is 5.92 Å². The third-order valence-electron chi connectivity index (χ3n) is 7.12. The zero-order valence-electron chi connectivity index (χ0n) is 23.5. The summed E-state index contributed by atoms with van der Waals surface area (Å²) in [4.78, 5) is 24.1. The number of carbonyl (C=O) groups excluding carboxylic acids is 2. The van der Waals surface area contributed by atoms with Gasteiger partial charge in [-0.1, -0.05) is 130 Å². The van der Waals surface area contributed by atoms with E-state index < -0.39 is 0 Å². The molecule has 202 valence electrons. The Kier molecular flexibility index (Phi) is 26.1. The summed E-state index contributed by atoms with van der Waals surface area (Å²) in [5.41, 5.74) is 0. The van der Waals surface area contributed by atoms with Crippen molar-refractivity contribution in [2.24, 2.45) is 5.92 Å². The van der Waals surface area contributed by atoms with Crippen LogP contribution in [0.15, 0.2) is 0 Å². The predicted octanol–water partition coefficient (Wildman–Crippen LogP) is 10.1. The van der Waals surface area contributed by atoms with Gasteiger partial charge in [-0.2, -0.15) is 0 Å². The topological polar surface area (TPSA) is 43.4 Å². The minimum Gasteiger partial charge on any atom is -0.466 e. The van der Waals surface area contributed by atoms with Crippen LogP contribution in [0.25, 0.3) is 0 Å². The number of Topliss-reactive ketones (excluding diaryl/α,β-unsaturated/α-hetero) is 1. The van der Waals surface area contributed by atoms with Crippen LogP contribution in [-0.4, -0.2) is 18.4 Å². The van der Waals surface area contributed by atoms with Gasteiger partial charge in [0.15, 0.2) is 0 Å². The molecule has 3 heteroatoms. The van der Waals surface area contributed by atoms with Crippen molar-refractivity contribution in [2.75, 3.05) is 6.61 Å². The molecule has 0 aromatic rings. The maximum absolute atomic E-state index is 12.1. The Labute approximate surface area is 213 Å². The van der Waals surface area contributed by atoms with E-state index in [0.29, 0.717) is 24.7 Å². The summed E-state index contributed by atoms with van der Waals surface area (Å²) in [6.07, 6.45) is 27.6. The van der Waals surface area contributed by atoms with Crippen LogP contribution < -0.4 is 0 Å². The normalized spacial score (nSPS) is 11.3. The predicted molar refractivity (Wildman–Crippen MR) is 147 cm³/mol. The van der Waals surface area contributed by atoms with Gasteiger partial charge >= 0.3 is 5.97 Å². The molecule has 0 rings (SSSR count). The lowest BCUT2D eigenvalue weighted by atomic mass is 9.92.